The zero-order chi connectivity index (χ0) is 18.0. The summed E-state index contributed by atoms with van der Waals surface area (Å²) in [6, 6.07) is 3.57. The van der Waals surface area contributed by atoms with Crippen molar-refractivity contribution < 1.29 is 13.2 Å². The van der Waals surface area contributed by atoms with E-state index in [-0.39, 0.29) is 23.7 Å². The van der Waals surface area contributed by atoms with Crippen LogP contribution in [0.4, 0.5) is 0 Å². The quantitative estimate of drug-likeness (QED) is 0.782. The molecule has 1 fully saturated rings. The van der Waals surface area contributed by atoms with Crippen molar-refractivity contribution in [2.45, 2.75) is 51.3 Å². The molecule has 1 aromatic carbocycles. The highest BCUT2D eigenvalue weighted by atomic mass is 35.5. The van der Waals surface area contributed by atoms with Gasteiger partial charge in [0, 0.05) is 6.54 Å². The molecule has 0 atom stereocenters. The molecule has 0 spiro atoms. The molecule has 5 nitrogen and oxygen atoms in total. The van der Waals surface area contributed by atoms with Gasteiger partial charge < -0.3 is 10.1 Å². The Morgan fingerprint density at radius 1 is 1.28 bits per heavy atom. The summed E-state index contributed by atoms with van der Waals surface area (Å²) in [6.07, 6.45) is 1.96. The Hall–Kier alpha value is -0.820. The number of sulfonamides is 1. The lowest BCUT2D eigenvalue weighted by Gasteiger charge is -2.34. The van der Waals surface area contributed by atoms with Crippen LogP contribution in [0.2, 0.25) is 0 Å². The van der Waals surface area contributed by atoms with Gasteiger partial charge in [0.15, 0.2) is 0 Å². The molecule has 1 saturated heterocycles. The van der Waals surface area contributed by atoms with Gasteiger partial charge in [-0.15, -0.1) is 12.4 Å². The van der Waals surface area contributed by atoms with E-state index in [1.165, 1.54) is 0 Å². The number of aryl methyl sites for hydroxylation is 1. The Kier molecular flexibility index (Phi) is 7.74. The van der Waals surface area contributed by atoms with Gasteiger partial charge in [-0.05, 0) is 67.4 Å². The minimum atomic E-state index is -3.54. The highest BCUT2D eigenvalue weighted by molar-refractivity contribution is 7.89. The molecular weight excluding hydrogens is 360 g/mol. The first-order chi connectivity index (χ1) is 11.2. The predicted octanol–water partition coefficient (Wildman–Crippen LogP) is 3.22. The summed E-state index contributed by atoms with van der Waals surface area (Å²) in [5.41, 5.74) is 1.63. The molecule has 1 aliphatic rings. The lowest BCUT2D eigenvalue weighted by Crippen LogP contribution is -2.43. The normalized spacial score (nSPS) is 17.2. The number of halogens is 1. The number of rotatable bonds is 6. The molecule has 0 amide bonds. The largest absolute Gasteiger partial charge is 0.496 e. The van der Waals surface area contributed by atoms with Gasteiger partial charge in [0.2, 0.25) is 10.0 Å². The molecule has 0 saturated carbocycles. The molecule has 2 N–H and O–H groups in total. The molecule has 0 aromatic heterocycles. The summed E-state index contributed by atoms with van der Waals surface area (Å²) in [5.74, 6) is 0.934. The van der Waals surface area contributed by atoms with E-state index in [1.54, 1.807) is 13.2 Å². The third-order valence-electron chi connectivity index (χ3n) is 4.94. The number of methoxy groups -OCH3 is 1. The minimum absolute atomic E-state index is 0. The van der Waals surface area contributed by atoms with E-state index in [9.17, 15) is 8.42 Å². The summed E-state index contributed by atoms with van der Waals surface area (Å²) in [7, 11) is -1.92. The molecule has 1 aliphatic heterocycles. The number of piperidine rings is 1. The standard InChI is InChI=1S/C18H30N2O3S.ClH/c1-13(2)15-11-17(14(3)10-16(15)23-5)24(21,22)20-12-18(4)6-8-19-9-7-18;/h10-11,13,19-20H,6-9,12H2,1-5H3;1H. The fourth-order valence-corrected chi connectivity index (χ4v) is 4.61. The van der Waals surface area contributed by atoms with E-state index < -0.39 is 10.0 Å². The second-order valence-corrected chi connectivity index (χ2v) is 9.13. The maximum atomic E-state index is 12.8. The van der Waals surface area contributed by atoms with Crippen molar-refractivity contribution in [2.75, 3.05) is 26.7 Å². The molecule has 0 aliphatic carbocycles. The first-order valence-electron chi connectivity index (χ1n) is 8.57. The number of hydrogen-bond donors (Lipinski definition) is 2. The van der Waals surface area contributed by atoms with Gasteiger partial charge >= 0.3 is 0 Å². The molecule has 1 heterocycles. The predicted molar refractivity (Wildman–Crippen MR) is 104 cm³/mol. The number of benzene rings is 1. The monoisotopic (exact) mass is 390 g/mol. The Balaban J connectivity index is 0.00000312. The van der Waals surface area contributed by atoms with Gasteiger partial charge in [0.05, 0.1) is 12.0 Å². The topological polar surface area (TPSA) is 67.4 Å². The van der Waals surface area contributed by atoms with Crippen LogP contribution in [-0.4, -0.2) is 35.2 Å². The van der Waals surface area contributed by atoms with Gasteiger partial charge in [0.1, 0.15) is 5.75 Å². The van der Waals surface area contributed by atoms with Crippen LogP contribution in [0.5, 0.6) is 5.75 Å². The zero-order valence-electron chi connectivity index (χ0n) is 15.8. The first kappa shape index (κ1) is 22.2. The van der Waals surface area contributed by atoms with E-state index >= 15 is 0 Å². The van der Waals surface area contributed by atoms with Crippen molar-refractivity contribution in [3.63, 3.8) is 0 Å². The van der Waals surface area contributed by atoms with E-state index in [1.807, 2.05) is 26.8 Å². The molecule has 0 unspecified atom stereocenters. The van der Waals surface area contributed by atoms with Gasteiger partial charge in [-0.1, -0.05) is 20.8 Å². The van der Waals surface area contributed by atoms with Gasteiger partial charge in [-0.2, -0.15) is 0 Å². The van der Waals surface area contributed by atoms with Crippen LogP contribution < -0.4 is 14.8 Å². The molecule has 7 heteroatoms. The summed E-state index contributed by atoms with van der Waals surface area (Å²) in [5, 5.41) is 3.32. The van der Waals surface area contributed by atoms with E-state index in [0.717, 1.165) is 37.2 Å². The highest BCUT2D eigenvalue weighted by Gasteiger charge is 2.29. The Morgan fingerprint density at radius 3 is 2.40 bits per heavy atom. The third-order valence-corrected chi connectivity index (χ3v) is 6.48. The molecule has 25 heavy (non-hydrogen) atoms. The average Bonchev–Trinajstić information content (AvgIpc) is 2.53. The van der Waals surface area contributed by atoms with Crippen molar-refractivity contribution in [2.24, 2.45) is 5.41 Å². The Labute approximate surface area is 158 Å². The summed E-state index contributed by atoms with van der Waals surface area (Å²) < 4.78 is 33.9. The number of ether oxygens (including phenoxy) is 1. The van der Waals surface area contributed by atoms with Crippen LogP contribution in [0.1, 0.15) is 50.7 Å². The van der Waals surface area contributed by atoms with Crippen LogP contribution in [0.15, 0.2) is 17.0 Å². The van der Waals surface area contributed by atoms with Crippen LogP contribution in [0.3, 0.4) is 0 Å². The van der Waals surface area contributed by atoms with E-state index in [4.69, 9.17) is 4.74 Å². The van der Waals surface area contributed by atoms with Crippen LogP contribution in [0.25, 0.3) is 0 Å². The summed E-state index contributed by atoms with van der Waals surface area (Å²) in [4.78, 5) is 0.351. The van der Waals surface area contributed by atoms with E-state index in [2.05, 4.69) is 17.0 Å². The molecule has 0 radical (unpaired) electrons. The van der Waals surface area contributed by atoms with Crippen molar-refractivity contribution in [3.05, 3.63) is 23.3 Å². The minimum Gasteiger partial charge on any atom is -0.496 e. The van der Waals surface area contributed by atoms with Gasteiger partial charge in [-0.25, -0.2) is 13.1 Å². The second kappa shape index (κ2) is 8.71. The molecular formula is C18H31ClN2O3S. The summed E-state index contributed by atoms with van der Waals surface area (Å²) >= 11 is 0. The average molecular weight is 391 g/mol. The van der Waals surface area contributed by atoms with Crippen LogP contribution in [0, 0.1) is 12.3 Å². The highest BCUT2D eigenvalue weighted by Crippen LogP contribution is 2.32. The molecule has 0 bridgehead atoms. The van der Waals surface area contributed by atoms with Gasteiger partial charge in [0.25, 0.3) is 0 Å². The lowest BCUT2D eigenvalue weighted by molar-refractivity contribution is 0.232. The third kappa shape index (κ3) is 5.33. The van der Waals surface area contributed by atoms with E-state index in [0.29, 0.717) is 17.0 Å². The fourth-order valence-electron chi connectivity index (χ4n) is 3.15. The van der Waals surface area contributed by atoms with Crippen molar-refractivity contribution in [1.29, 1.82) is 0 Å². The Bertz CT molecular complexity index is 684. The molecule has 2 rings (SSSR count). The smallest absolute Gasteiger partial charge is 0.240 e. The second-order valence-electron chi connectivity index (χ2n) is 7.40. The zero-order valence-corrected chi connectivity index (χ0v) is 17.4. The van der Waals surface area contributed by atoms with Crippen molar-refractivity contribution in [3.8, 4) is 5.75 Å². The first-order valence-corrected chi connectivity index (χ1v) is 10.1. The summed E-state index contributed by atoms with van der Waals surface area (Å²) in [6.45, 7) is 10.4. The number of nitrogens with one attached hydrogen (secondary N) is 2. The Morgan fingerprint density at radius 2 is 1.88 bits per heavy atom. The maximum absolute atomic E-state index is 12.8. The molecule has 1 aromatic rings. The van der Waals surface area contributed by atoms with Gasteiger partial charge in [-0.3, -0.25) is 0 Å². The maximum Gasteiger partial charge on any atom is 0.240 e. The van der Waals surface area contributed by atoms with Crippen LogP contribution >= 0.6 is 12.4 Å². The van der Waals surface area contributed by atoms with Crippen LogP contribution in [-0.2, 0) is 10.0 Å². The lowest BCUT2D eigenvalue weighted by atomic mass is 9.81. The SMILES string of the molecule is COc1cc(C)c(S(=O)(=O)NCC2(C)CCNCC2)cc1C(C)C.Cl. The van der Waals surface area contributed by atoms with Crippen molar-refractivity contribution in [1.82, 2.24) is 10.0 Å². The van der Waals surface area contributed by atoms with Crippen molar-refractivity contribution >= 4 is 22.4 Å². The fraction of sp³-hybridized carbons (Fsp3) is 0.667. The molecule has 144 valence electrons. The number of hydrogen-bond acceptors (Lipinski definition) is 4.